The standard InChI is InChI=1S/C12H15N3O4S/c13-7-8-1-3-9(4-2-8)20(18,19)15-10-5-6-11(16)14-12(10)17/h1-4,10,15H,5-7,13H2,(H,14,16,17). The van der Waals surface area contributed by atoms with Gasteiger partial charge in [0.1, 0.15) is 6.04 Å². The van der Waals surface area contributed by atoms with Gasteiger partial charge in [-0.15, -0.1) is 0 Å². The van der Waals surface area contributed by atoms with Crippen LogP contribution in [0.5, 0.6) is 0 Å². The molecule has 1 heterocycles. The summed E-state index contributed by atoms with van der Waals surface area (Å²) in [6, 6.07) is 5.15. The van der Waals surface area contributed by atoms with Crippen molar-refractivity contribution in [3.05, 3.63) is 29.8 Å². The Hall–Kier alpha value is -1.77. The average Bonchev–Trinajstić information content (AvgIpc) is 2.42. The number of carbonyl (C=O) groups is 2. The lowest BCUT2D eigenvalue weighted by atomic mass is 10.1. The van der Waals surface area contributed by atoms with Crippen LogP contribution in [0, 0.1) is 0 Å². The molecule has 0 bridgehead atoms. The van der Waals surface area contributed by atoms with Gasteiger partial charge in [0.05, 0.1) is 4.90 Å². The van der Waals surface area contributed by atoms with Crippen LogP contribution in [0.2, 0.25) is 0 Å². The number of imide groups is 1. The summed E-state index contributed by atoms with van der Waals surface area (Å²) in [7, 11) is -3.80. The molecule has 1 atom stereocenters. The van der Waals surface area contributed by atoms with E-state index in [0.717, 1.165) is 5.56 Å². The second-order valence-corrected chi connectivity index (χ2v) is 6.19. The van der Waals surface area contributed by atoms with Gasteiger partial charge in [-0.05, 0) is 24.1 Å². The predicted octanol–water partition coefficient (Wildman–Crippen LogP) is -0.771. The molecule has 8 heteroatoms. The molecule has 7 nitrogen and oxygen atoms in total. The first-order chi connectivity index (χ1) is 9.42. The maximum Gasteiger partial charge on any atom is 0.244 e. The van der Waals surface area contributed by atoms with Crippen LogP contribution in [0.15, 0.2) is 29.2 Å². The Balaban J connectivity index is 2.14. The lowest BCUT2D eigenvalue weighted by Crippen LogP contribution is -2.52. The molecule has 4 N–H and O–H groups in total. The van der Waals surface area contributed by atoms with Crippen LogP contribution in [0.1, 0.15) is 18.4 Å². The first-order valence-electron chi connectivity index (χ1n) is 6.07. The molecule has 1 aliphatic heterocycles. The van der Waals surface area contributed by atoms with Crippen molar-refractivity contribution in [1.82, 2.24) is 10.0 Å². The number of hydrogen-bond acceptors (Lipinski definition) is 5. The van der Waals surface area contributed by atoms with Crippen LogP contribution in [0.4, 0.5) is 0 Å². The molecule has 1 unspecified atom stereocenters. The van der Waals surface area contributed by atoms with Crippen LogP contribution < -0.4 is 15.8 Å². The molecule has 20 heavy (non-hydrogen) atoms. The van der Waals surface area contributed by atoms with E-state index in [-0.39, 0.29) is 17.7 Å². The van der Waals surface area contributed by atoms with E-state index < -0.39 is 27.9 Å². The summed E-state index contributed by atoms with van der Waals surface area (Å²) in [5.74, 6) is -1.01. The summed E-state index contributed by atoms with van der Waals surface area (Å²) in [6.45, 7) is 0.320. The van der Waals surface area contributed by atoms with E-state index in [1.54, 1.807) is 12.1 Å². The molecule has 1 aromatic rings. The highest BCUT2D eigenvalue weighted by Crippen LogP contribution is 2.13. The molecule has 108 valence electrons. The summed E-state index contributed by atoms with van der Waals surface area (Å²) in [4.78, 5) is 22.6. The molecule has 0 radical (unpaired) electrons. The maximum absolute atomic E-state index is 12.1. The summed E-state index contributed by atoms with van der Waals surface area (Å²) < 4.78 is 26.5. The molecule has 0 spiro atoms. The number of rotatable bonds is 4. The highest BCUT2D eigenvalue weighted by Gasteiger charge is 2.30. The van der Waals surface area contributed by atoms with Gasteiger partial charge in [0, 0.05) is 13.0 Å². The fourth-order valence-electron chi connectivity index (χ4n) is 1.87. The van der Waals surface area contributed by atoms with Crippen LogP contribution in [-0.2, 0) is 26.2 Å². The molecular formula is C12H15N3O4S. The van der Waals surface area contributed by atoms with Crippen molar-refractivity contribution >= 4 is 21.8 Å². The zero-order chi connectivity index (χ0) is 14.8. The molecule has 0 saturated carbocycles. The quantitative estimate of drug-likeness (QED) is 0.631. The minimum absolute atomic E-state index is 0.0550. The third-order valence-corrected chi connectivity index (χ3v) is 4.49. The number of benzene rings is 1. The molecule has 2 amide bonds. The predicted molar refractivity (Wildman–Crippen MR) is 70.8 cm³/mol. The Morgan fingerprint density at radius 2 is 1.90 bits per heavy atom. The van der Waals surface area contributed by atoms with E-state index in [2.05, 4.69) is 10.0 Å². The van der Waals surface area contributed by atoms with E-state index >= 15 is 0 Å². The molecule has 0 aromatic heterocycles. The van der Waals surface area contributed by atoms with Gasteiger partial charge < -0.3 is 5.73 Å². The lowest BCUT2D eigenvalue weighted by Gasteiger charge is -2.21. The fraction of sp³-hybridized carbons (Fsp3) is 0.333. The number of piperidine rings is 1. The van der Waals surface area contributed by atoms with E-state index in [0.29, 0.717) is 6.54 Å². The second-order valence-electron chi connectivity index (χ2n) is 4.47. The minimum Gasteiger partial charge on any atom is -0.326 e. The third kappa shape index (κ3) is 3.21. The second kappa shape index (κ2) is 5.70. The summed E-state index contributed by atoms with van der Waals surface area (Å²) in [5, 5.41) is 2.10. The first kappa shape index (κ1) is 14.6. The van der Waals surface area contributed by atoms with Crippen LogP contribution in [0.25, 0.3) is 0 Å². The first-order valence-corrected chi connectivity index (χ1v) is 7.56. The van der Waals surface area contributed by atoms with Gasteiger partial charge in [-0.3, -0.25) is 14.9 Å². The van der Waals surface area contributed by atoms with Gasteiger partial charge in [-0.1, -0.05) is 12.1 Å². The lowest BCUT2D eigenvalue weighted by molar-refractivity contribution is -0.134. The average molecular weight is 297 g/mol. The molecular weight excluding hydrogens is 282 g/mol. The number of sulfonamides is 1. The Morgan fingerprint density at radius 1 is 1.25 bits per heavy atom. The Labute approximate surface area is 116 Å². The highest BCUT2D eigenvalue weighted by molar-refractivity contribution is 7.89. The number of hydrogen-bond donors (Lipinski definition) is 3. The van der Waals surface area contributed by atoms with Gasteiger partial charge in [0.15, 0.2) is 0 Å². The van der Waals surface area contributed by atoms with Crippen LogP contribution in [-0.4, -0.2) is 26.3 Å². The van der Waals surface area contributed by atoms with Crippen LogP contribution in [0.3, 0.4) is 0 Å². The number of amides is 2. The smallest absolute Gasteiger partial charge is 0.244 e. The number of carbonyl (C=O) groups excluding carboxylic acids is 2. The van der Waals surface area contributed by atoms with Crippen molar-refractivity contribution in [2.24, 2.45) is 5.73 Å². The SMILES string of the molecule is NCc1ccc(S(=O)(=O)NC2CCC(=O)NC2=O)cc1. The maximum atomic E-state index is 12.1. The largest absolute Gasteiger partial charge is 0.326 e. The van der Waals surface area contributed by atoms with Crippen molar-refractivity contribution in [2.75, 3.05) is 0 Å². The Kier molecular flexibility index (Phi) is 4.17. The Bertz CT molecular complexity index is 625. The Morgan fingerprint density at radius 3 is 2.45 bits per heavy atom. The summed E-state index contributed by atoms with van der Waals surface area (Å²) in [5.41, 5.74) is 6.25. The van der Waals surface area contributed by atoms with Gasteiger partial charge >= 0.3 is 0 Å². The number of nitrogens with one attached hydrogen (secondary N) is 2. The van der Waals surface area contributed by atoms with Gasteiger partial charge in [0.25, 0.3) is 0 Å². The van der Waals surface area contributed by atoms with E-state index in [1.165, 1.54) is 12.1 Å². The topological polar surface area (TPSA) is 118 Å². The van der Waals surface area contributed by atoms with Gasteiger partial charge in [-0.2, -0.15) is 4.72 Å². The molecule has 2 rings (SSSR count). The fourth-order valence-corrected chi connectivity index (χ4v) is 3.10. The van der Waals surface area contributed by atoms with Crippen molar-refractivity contribution in [3.8, 4) is 0 Å². The zero-order valence-electron chi connectivity index (χ0n) is 10.6. The van der Waals surface area contributed by atoms with Crippen LogP contribution >= 0.6 is 0 Å². The van der Waals surface area contributed by atoms with E-state index in [4.69, 9.17) is 5.73 Å². The van der Waals surface area contributed by atoms with E-state index in [9.17, 15) is 18.0 Å². The monoisotopic (exact) mass is 297 g/mol. The van der Waals surface area contributed by atoms with Crippen molar-refractivity contribution in [3.63, 3.8) is 0 Å². The molecule has 0 aliphatic carbocycles. The summed E-state index contributed by atoms with van der Waals surface area (Å²) in [6.07, 6.45) is 0.274. The normalized spacial score (nSPS) is 19.8. The zero-order valence-corrected chi connectivity index (χ0v) is 11.4. The van der Waals surface area contributed by atoms with Crippen molar-refractivity contribution in [2.45, 2.75) is 30.3 Å². The summed E-state index contributed by atoms with van der Waals surface area (Å²) >= 11 is 0. The molecule has 1 fully saturated rings. The number of nitrogens with two attached hydrogens (primary N) is 1. The van der Waals surface area contributed by atoms with E-state index in [1.807, 2.05) is 0 Å². The van der Waals surface area contributed by atoms with Crippen molar-refractivity contribution in [1.29, 1.82) is 0 Å². The highest BCUT2D eigenvalue weighted by atomic mass is 32.2. The molecule has 1 aromatic carbocycles. The minimum atomic E-state index is -3.80. The van der Waals surface area contributed by atoms with Gasteiger partial charge in [-0.25, -0.2) is 8.42 Å². The van der Waals surface area contributed by atoms with Crippen molar-refractivity contribution < 1.29 is 18.0 Å². The van der Waals surface area contributed by atoms with Gasteiger partial charge in [0.2, 0.25) is 21.8 Å². The molecule has 1 saturated heterocycles. The third-order valence-electron chi connectivity index (χ3n) is 3.01. The molecule has 1 aliphatic rings.